The summed E-state index contributed by atoms with van der Waals surface area (Å²) in [5.74, 6) is 0.217. The van der Waals surface area contributed by atoms with E-state index < -0.39 is 0 Å². The Morgan fingerprint density at radius 2 is 1.95 bits per heavy atom. The Morgan fingerprint density at radius 1 is 1.23 bits per heavy atom. The number of rotatable bonds is 2. The van der Waals surface area contributed by atoms with Crippen molar-refractivity contribution in [1.82, 2.24) is 9.97 Å². The number of H-pyrrole nitrogens is 1. The first-order valence-electron chi connectivity index (χ1n) is 7.32. The van der Waals surface area contributed by atoms with Crippen LogP contribution in [0.5, 0.6) is 0 Å². The average Bonchev–Trinajstić information content (AvgIpc) is 2.87. The van der Waals surface area contributed by atoms with Crippen LogP contribution in [0, 0.1) is 5.41 Å². The molecule has 2 amide bonds. The normalized spacial score (nSPS) is 20.5. The summed E-state index contributed by atoms with van der Waals surface area (Å²) in [7, 11) is 0. The van der Waals surface area contributed by atoms with Gasteiger partial charge in [0.05, 0.1) is 16.7 Å². The van der Waals surface area contributed by atoms with E-state index in [2.05, 4.69) is 14.8 Å². The lowest BCUT2D eigenvalue weighted by molar-refractivity contribution is -0.136. The molecular weight excluding hydrogens is 304 g/mol. The first kappa shape index (κ1) is 13.6. The monoisotopic (exact) mass is 318 g/mol. The molecule has 114 valence electrons. The van der Waals surface area contributed by atoms with E-state index in [1.807, 2.05) is 0 Å². The minimum Gasteiger partial charge on any atom is -0.323 e. The number of carbonyl (C=O) groups is 2. The first-order valence-corrected chi connectivity index (χ1v) is 7.70. The Hall–Kier alpha value is -2.08. The number of anilines is 2. The molecule has 0 bridgehead atoms. The molecule has 2 fully saturated rings. The summed E-state index contributed by atoms with van der Waals surface area (Å²) in [5.41, 5.74) is 1.98. The van der Waals surface area contributed by atoms with Crippen LogP contribution in [0.1, 0.15) is 32.1 Å². The van der Waals surface area contributed by atoms with Crippen molar-refractivity contribution in [3.05, 3.63) is 18.2 Å². The van der Waals surface area contributed by atoms with E-state index in [1.165, 1.54) is 4.90 Å². The zero-order valence-electron chi connectivity index (χ0n) is 11.9. The predicted octanol–water partition coefficient (Wildman–Crippen LogP) is 2.95. The van der Waals surface area contributed by atoms with E-state index in [0.29, 0.717) is 24.5 Å². The van der Waals surface area contributed by atoms with Crippen molar-refractivity contribution in [1.29, 1.82) is 0 Å². The first-order chi connectivity index (χ1) is 10.6. The second-order valence-electron chi connectivity index (χ2n) is 6.21. The van der Waals surface area contributed by atoms with Gasteiger partial charge in [0.25, 0.3) is 0 Å². The Balaban J connectivity index is 1.68. The molecule has 2 aliphatic rings. The minimum atomic E-state index is -0.106. The van der Waals surface area contributed by atoms with Crippen molar-refractivity contribution < 1.29 is 9.59 Å². The third-order valence-electron chi connectivity index (χ3n) is 4.78. The number of amides is 2. The largest absolute Gasteiger partial charge is 0.323 e. The van der Waals surface area contributed by atoms with Gasteiger partial charge in [-0.1, -0.05) is 6.42 Å². The Kier molecular flexibility index (Phi) is 2.91. The van der Waals surface area contributed by atoms with Crippen LogP contribution < -0.4 is 9.74 Å². The fourth-order valence-electron chi connectivity index (χ4n) is 3.50. The minimum absolute atomic E-state index is 0.0571. The quantitative estimate of drug-likeness (QED) is 0.659. The van der Waals surface area contributed by atoms with Crippen molar-refractivity contribution in [3.63, 3.8) is 0 Å². The number of imide groups is 1. The molecule has 7 heteroatoms. The summed E-state index contributed by atoms with van der Waals surface area (Å²) in [6.07, 6.45) is 4.03. The summed E-state index contributed by atoms with van der Waals surface area (Å²) in [6, 6.07) is 5.28. The highest BCUT2D eigenvalue weighted by Gasteiger charge is 2.47. The fraction of sp³-hybridized carbons (Fsp3) is 0.400. The molecule has 0 unspecified atom stereocenters. The summed E-state index contributed by atoms with van der Waals surface area (Å²) in [6.45, 7) is 0. The molecule has 1 aromatic heterocycles. The molecule has 1 spiro atoms. The Morgan fingerprint density at radius 3 is 2.55 bits per heavy atom. The lowest BCUT2D eigenvalue weighted by Crippen LogP contribution is -2.50. The fourth-order valence-corrected chi connectivity index (χ4v) is 3.59. The predicted molar refractivity (Wildman–Crippen MR) is 83.6 cm³/mol. The zero-order valence-corrected chi connectivity index (χ0v) is 12.6. The molecule has 0 atom stereocenters. The van der Waals surface area contributed by atoms with Crippen molar-refractivity contribution >= 4 is 46.3 Å². The molecule has 2 aromatic rings. The second kappa shape index (κ2) is 4.71. The number of hydrogen-bond donors (Lipinski definition) is 2. The van der Waals surface area contributed by atoms with Crippen LogP contribution in [-0.2, 0) is 9.59 Å². The number of imidazole rings is 1. The number of aromatic amines is 1. The lowest BCUT2D eigenvalue weighted by Gasteiger charge is -2.46. The third kappa shape index (κ3) is 1.98. The lowest BCUT2D eigenvalue weighted by atomic mass is 9.63. The van der Waals surface area contributed by atoms with Crippen LogP contribution in [0.4, 0.5) is 11.6 Å². The number of nitrogens with zero attached hydrogens (tertiary/aromatic N) is 2. The molecule has 0 radical (unpaired) electrons. The highest BCUT2D eigenvalue weighted by atomic mass is 35.5. The maximum absolute atomic E-state index is 12.5. The van der Waals surface area contributed by atoms with Gasteiger partial charge in [0, 0.05) is 24.6 Å². The number of halogens is 1. The van der Waals surface area contributed by atoms with E-state index in [0.717, 1.165) is 30.3 Å². The number of piperidine rings is 1. The number of fused-ring (bicyclic) bond motifs is 1. The van der Waals surface area contributed by atoms with Gasteiger partial charge in [-0.15, -0.1) is 0 Å². The summed E-state index contributed by atoms with van der Waals surface area (Å²) < 4.78 is 0. The highest BCUT2D eigenvalue weighted by Crippen LogP contribution is 2.50. The SMILES string of the molecule is O=C1CC2(CCC2)CC(=O)N1c1ccc2nc(NCl)[nH]c2c1. The molecule has 6 nitrogen and oxygen atoms in total. The van der Waals surface area contributed by atoms with Gasteiger partial charge in [0.2, 0.25) is 17.8 Å². The number of nitrogens with one attached hydrogen (secondary N) is 2. The van der Waals surface area contributed by atoms with Crippen molar-refractivity contribution in [2.45, 2.75) is 32.1 Å². The molecule has 1 saturated heterocycles. The Labute approximate surface area is 131 Å². The van der Waals surface area contributed by atoms with Crippen molar-refractivity contribution in [3.8, 4) is 0 Å². The van der Waals surface area contributed by atoms with Crippen LogP contribution in [-0.4, -0.2) is 21.8 Å². The summed E-state index contributed by atoms with van der Waals surface area (Å²) in [5, 5.41) is 0. The molecule has 1 aliphatic carbocycles. The van der Waals surface area contributed by atoms with Gasteiger partial charge in [-0.25, -0.2) is 4.98 Å². The molecule has 2 heterocycles. The maximum atomic E-state index is 12.5. The van der Waals surface area contributed by atoms with E-state index >= 15 is 0 Å². The standard InChI is InChI=1S/C15H15ClN4O2/c16-19-14-17-10-3-2-9(6-11(10)18-14)20-12(21)7-15(4-1-5-15)8-13(20)22/h2-3,6H,1,4-5,7-8H2,(H2,17,18,19). The van der Waals surface area contributed by atoms with Crippen LogP contribution in [0.3, 0.4) is 0 Å². The second-order valence-corrected chi connectivity index (χ2v) is 6.40. The van der Waals surface area contributed by atoms with Crippen molar-refractivity contribution in [2.75, 3.05) is 9.74 Å². The number of benzene rings is 1. The number of aromatic nitrogens is 2. The van der Waals surface area contributed by atoms with Gasteiger partial charge in [-0.05, 0) is 36.5 Å². The molecule has 1 saturated carbocycles. The third-order valence-corrected chi connectivity index (χ3v) is 4.96. The van der Waals surface area contributed by atoms with E-state index in [4.69, 9.17) is 11.8 Å². The topological polar surface area (TPSA) is 78.1 Å². The van der Waals surface area contributed by atoms with Gasteiger partial charge in [-0.3, -0.25) is 19.3 Å². The highest BCUT2D eigenvalue weighted by molar-refractivity contribution is 6.23. The van der Waals surface area contributed by atoms with Gasteiger partial charge in [-0.2, -0.15) is 0 Å². The summed E-state index contributed by atoms with van der Waals surface area (Å²) in [4.78, 5) is 35.8. The van der Waals surface area contributed by atoms with Gasteiger partial charge in [0.1, 0.15) is 0 Å². The zero-order chi connectivity index (χ0) is 15.3. The van der Waals surface area contributed by atoms with Gasteiger partial charge in [0.15, 0.2) is 0 Å². The average molecular weight is 319 g/mol. The molecule has 1 aromatic carbocycles. The van der Waals surface area contributed by atoms with Crippen LogP contribution in [0.15, 0.2) is 18.2 Å². The molecule has 2 N–H and O–H groups in total. The van der Waals surface area contributed by atoms with E-state index in [1.54, 1.807) is 18.2 Å². The van der Waals surface area contributed by atoms with Crippen molar-refractivity contribution in [2.24, 2.45) is 5.41 Å². The van der Waals surface area contributed by atoms with Crippen LogP contribution >= 0.6 is 11.8 Å². The Bertz CT molecular complexity index is 761. The van der Waals surface area contributed by atoms with Crippen LogP contribution in [0.2, 0.25) is 0 Å². The van der Waals surface area contributed by atoms with Gasteiger partial charge < -0.3 is 4.98 Å². The number of hydrogen-bond acceptors (Lipinski definition) is 4. The molecular formula is C15H15ClN4O2. The summed E-state index contributed by atoms with van der Waals surface area (Å²) >= 11 is 5.52. The van der Waals surface area contributed by atoms with E-state index in [-0.39, 0.29) is 17.2 Å². The number of carbonyl (C=O) groups excluding carboxylic acids is 2. The molecule has 22 heavy (non-hydrogen) atoms. The smallest absolute Gasteiger partial charge is 0.234 e. The van der Waals surface area contributed by atoms with Crippen LogP contribution in [0.25, 0.3) is 11.0 Å². The maximum Gasteiger partial charge on any atom is 0.234 e. The molecule has 1 aliphatic heterocycles. The van der Waals surface area contributed by atoms with Gasteiger partial charge >= 0.3 is 0 Å². The molecule has 4 rings (SSSR count). The van der Waals surface area contributed by atoms with E-state index in [9.17, 15) is 9.59 Å².